The van der Waals surface area contributed by atoms with Gasteiger partial charge in [-0.25, -0.2) is 15.0 Å². The van der Waals surface area contributed by atoms with E-state index in [0.717, 1.165) is 33.6 Å². The van der Waals surface area contributed by atoms with E-state index < -0.39 is 23.4 Å². The van der Waals surface area contributed by atoms with Gasteiger partial charge < -0.3 is 20.5 Å². The van der Waals surface area contributed by atoms with Gasteiger partial charge in [0.05, 0.1) is 10.8 Å². The molecule has 8 nitrogen and oxygen atoms in total. The van der Waals surface area contributed by atoms with Gasteiger partial charge in [-0.3, -0.25) is 4.79 Å². The minimum atomic E-state index is -4.56. The molecule has 1 atom stereocenters. The molecule has 1 aliphatic rings. The van der Waals surface area contributed by atoms with Gasteiger partial charge in [0.15, 0.2) is 0 Å². The molecule has 3 aromatic heterocycles. The molecule has 12 heteroatoms. The number of carbonyl (C=O) groups is 1. The summed E-state index contributed by atoms with van der Waals surface area (Å²) >= 11 is 1.38. The third-order valence-corrected chi connectivity index (χ3v) is 8.22. The van der Waals surface area contributed by atoms with Crippen molar-refractivity contribution in [2.75, 3.05) is 5.32 Å². The second kappa shape index (κ2) is 9.42. The van der Waals surface area contributed by atoms with Crippen LogP contribution in [0.3, 0.4) is 0 Å². The number of aliphatic hydroxyl groups is 1. The lowest BCUT2D eigenvalue weighted by molar-refractivity contribution is -0.144. The Morgan fingerprint density at radius 2 is 1.92 bits per heavy atom. The lowest BCUT2D eigenvalue weighted by atomic mass is 9.74. The van der Waals surface area contributed by atoms with Crippen molar-refractivity contribution in [2.24, 2.45) is 11.8 Å². The number of fused-ring (bicyclic) bond motifs is 1. The number of aliphatic carboxylic acids is 1. The van der Waals surface area contributed by atoms with E-state index in [2.05, 4.69) is 25.3 Å². The van der Waals surface area contributed by atoms with Crippen molar-refractivity contribution in [2.45, 2.75) is 44.4 Å². The van der Waals surface area contributed by atoms with E-state index >= 15 is 0 Å². The zero-order valence-electron chi connectivity index (χ0n) is 19.7. The molecule has 0 radical (unpaired) electrons. The number of thiazole rings is 1. The summed E-state index contributed by atoms with van der Waals surface area (Å²) in [6.45, 7) is 1.74. The van der Waals surface area contributed by atoms with E-state index in [4.69, 9.17) is 0 Å². The highest BCUT2D eigenvalue weighted by molar-refractivity contribution is 7.15. The predicted octanol–water partition coefficient (Wildman–Crippen LogP) is 5.94. The molecule has 0 unspecified atom stereocenters. The molecule has 0 bridgehead atoms. The van der Waals surface area contributed by atoms with Gasteiger partial charge in [0.25, 0.3) is 0 Å². The number of carboxylic acid groups (broad SMARTS) is 1. The van der Waals surface area contributed by atoms with Gasteiger partial charge in [0, 0.05) is 40.7 Å². The number of benzene rings is 1. The molecule has 0 amide bonds. The molecular formula is C25H24F3N5O3S. The van der Waals surface area contributed by atoms with Gasteiger partial charge in [0.1, 0.15) is 16.3 Å². The van der Waals surface area contributed by atoms with Gasteiger partial charge in [-0.05, 0) is 56.7 Å². The van der Waals surface area contributed by atoms with Crippen LogP contribution in [0.2, 0.25) is 0 Å². The van der Waals surface area contributed by atoms with Gasteiger partial charge in [-0.2, -0.15) is 13.2 Å². The first-order valence-electron chi connectivity index (χ1n) is 11.7. The molecule has 1 aliphatic carbocycles. The van der Waals surface area contributed by atoms with Crippen molar-refractivity contribution >= 4 is 39.8 Å². The zero-order chi connectivity index (χ0) is 26.4. The number of aromatic nitrogens is 4. The van der Waals surface area contributed by atoms with E-state index in [1.807, 2.05) is 12.3 Å². The molecule has 1 fully saturated rings. The number of aromatic amines is 1. The van der Waals surface area contributed by atoms with Crippen molar-refractivity contribution < 1.29 is 28.2 Å². The second-order valence-electron chi connectivity index (χ2n) is 9.41. The molecule has 0 spiro atoms. The largest absolute Gasteiger partial charge is 0.481 e. The van der Waals surface area contributed by atoms with Crippen molar-refractivity contribution in [1.29, 1.82) is 0 Å². The summed E-state index contributed by atoms with van der Waals surface area (Å²) < 4.78 is 38.8. The number of hydrogen-bond donors (Lipinski definition) is 4. The molecule has 4 N–H and O–H groups in total. The fourth-order valence-electron chi connectivity index (χ4n) is 4.82. The normalized spacial score (nSPS) is 20.0. The van der Waals surface area contributed by atoms with Gasteiger partial charge >= 0.3 is 12.1 Å². The quantitative estimate of drug-likeness (QED) is 0.243. The summed E-state index contributed by atoms with van der Waals surface area (Å²) in [5.74, 6) is -1.37. The maximum atomic E-state index is 12.9. The number of nitrogens with one attached hydrogen (secondary N) is 2. The number of hydrogen-bond acceptors (Lipinski definition) is 7. The molecule has 3 heterocycles. The van der Waals surface area contributed by atoms with Crippen molar-refractivity contribution in [1.82, 2.24) is 19.9 Å². The monoisotopic (exact) mass is 531 g/mol. The Bertz CT molecular complexity index is 1440. The third-order valence-electron chi connectivity index (χ3n) is 6.96. The van der Waals surface area contributed by atoms with Gasteiger partial charge in [-0.15, -0.1) is 11.3 Å². The minimum absolute atomic E-state index is 0.0724. The SMILES string of the molecule is C[C@](O)(c1ncc(-c2c[nH]c3cc(Nc4nccc(C(F)(F)F)n4)ccc23)s1)[C@H]1CC[C@H](C(=O)O)CC1. The van der Waals surface area contributed by atoms with E-state index in [9.17, 15) is 28.2 Å². The first kappa shape index (κ1) is 25.2. The Balaban J connectivity index is 1.34. The fourth-order valence-corrected chi connectivity index (χ4v) is 5.89. The number of alkyl halides is 3. The maximum absolute atomic E-state index is 12.9. The molecule has 4 aromatic rings. The molecule has 5 rings (SSSR count). The lowest BCUT2D eigenvalue weighted by Gasteiger charge is -2.35. The van der Waals surface area contributed by atoms with E-state index in [-0.39, 0.29) is 17.8 Å². The van der Waals surface area contributed by atoms with Crippen LogP contribution in [0.5, 0.6) is 0 Å². The maximum Gasteiger partial charge on any atom is 0.433 e. The third kappa shape index (κ3) is 5.03. The second-order valence-corrected chi connectivity index (χ2v) is 10.4. The highest BCUT2D eigenvalue weighted by atomic mass is 32.1. The van der Waals surface area contributed by atoms with Crippen molar-refractivity contribution in [3.63, 3.8) is 0 Å². The summed E-state index contributed by atoms with van der Waals surface area (Å²) in [7, 11) is 0. The number of H-pyrrole nitrogens is 1. The van der Waals surface area contributed by atoms with Crippen LogP contribution >= 0.6 is 11.3 Å². The first-order chi connectivity index (χ1) is 17.5. The van der Waals surface area contributed by atoms with Crippen LogP contribution in [0.15, 0.2) is 42.9 Å². The van der Waals surface area contributed by atoms with Gasteiger partial charge in [0.2, 0.25) is 5.95 Å². The topological polar surface area (TPSA) is 124 Å². The van der Waals surface area contributed by atoms with Crippen LogP contribution in [0.25, 0.3) is 21.3 Å². The summed E-state index contributed by atoms with van der Waals surface area (Å²) in [5, 5.41) is 24.8. The van der Waals surface area contributed by atoms with E-state index in [1.54, 1.807) is 25.3 Å². The van der Waals surface area contributed by atoms with Crippen LogP contribution in [0.1, 0.15) is 43.3 Å². The molecule has 0 aliphatic heterocycles. The number of nitrogens with zero attached hydrogens (tertiary/aromatic N) is 3. The Morgan fingerprint density at radius 1 is 1.16 bits per heavy atom. The Labute approximate surface area is 213 Å². The molecule has 1 saturated carbocycles. The van der Waals surface area contributed by atoms with Crippen LogP contribution in [0.4, 0.5) is 24.8 Å². The predicted molar refractivity (Wildman–Crippen MR) is 132 cm³/mol. The summed E-state index contributed by atoms with van der Waals surface area (Å²) in [6.07, 6.45) is 2.35. The smallest absolute Gasteiger partial charge is 0.433 e. The average molecular weight is 532 g/mol. The molecular weight excluding hydrogens is 507 g/mol. The highest BCUT2D eigenvalue weighted by Crippen LogP contribution is 2.44. The number of anilines is 2. The number of halogens is 3. The molecule has 0 saturated heterocycles. The molecule has 1 aromatic carbocycles. The van der Waals surface area contributed by atoms with Crippen LogP contribution in [-0.2, 0) is 16.6 Å². The Morgan fingerprint density at radius 3 is 2.62 bits per heavy atom. The lowest BCUT2D eigenvalue weighted by Crippen LogP contribution is -2.35. The number of carboxylic acids is 1. The average Bonchev–Trinajstić information content (AvgIpc) is 3.51. The summed E-state index contributed by atoms with van der Waals surface area (Å²) in [6, 6.07) is 6.12. The summed E-state index contributed by atoms with van der Waals surface area (Å²) in [5.41, 5.74) is -0.0440. The van der Waals surface area contributed by atoms with E-state index in [1.165, 1.54) is 11.3 Å². The van der Waals surface area contributed by atoms with Gasteiger partial charge in [-0.1, -0.05) is 6.07 Å². The summed E-state index contributed by atoms with van der Waals surface area (Å²) in [4.78, 5) is 27.2. The van der Waals surface area contributed by atoms with E-state index in [0.29, 0.717) is 36.4 Å². The van der Waals surface area contributed by atoms with Crippen molar-refractivity contribution in [3.8, 4) is 10.4 Å². The standard InChI is InChI=1S/C25H24F3N5O3S/c1-24(36,14-4-2-13(3-5-14)21(34)35)22-31-12-19(37-22)17-11-30-18-10-15(6-7-16(17)18)32-23-29-9-8-20(33-23)25(26,27)28/h6-14,30,36H,2-5H2,1H3,(H,34,35)(H,29,32,33)/t13-,14-,24-/m1/s1. The molecule has 194 valence electrons. The Kier molecular flexibility index (Phi) is 6.40. The number of rotatable bonds is 6. The van der Waals surface area contributed by atoms with Crippen molar-refractivity contribution in [3.05, 3.63) is 53.6 Å². The van der Waals surface area contributed by atoms with Crippen LogP contribution < -0.4 is 5.32 Å². The Hall–Kier alpha value is -3.51. The highest BCUT2D eigenvalue weighted by Gasteiger charge is 2.40. The zero-order valence-corrected chi connectivity index (χ0v) is 20.5. The fraction of sp³-hybridized carbons (Fsp3) is 0.360. The minimum Gasteiger partial charge on any atom is -0.481 e. The molecule has 37 heavy (non-hydrogen) atoms. The van der Waals surface area contributed by atoms with Crippen LogP contribution in [0, 0.1) is 11.8 Å². The first-order valence-corrected chi connectivity index (χ1v) is 12.5. The van der Waals surface area contributed by atoms with Crippen LogP contribution in [-0.4, -0.2) is 36.1 Å².